The zero-order chi connectivity index (χ0) is 37.8. The van der Waals surface area contributed by atoms with Crippen LogP contribution >= 0.6 is 0 Å². The summed E-state index contributed by atoms with van der Waals surface area (Å²) in [5.74, 6) is 0.939. The maximum absolute atomic E-state index is 13.5. The highest BCUT2D eigenvalue weighted by atomic mass is 16.5. The monoisotopic (exact) mass is 723 g/mol. The summed E-state index contributed by atoms with van der Waals surface area (Å²) in [4.78, 5) is 70.2. The van der Waals surface area contributed by atoms with E-state index in [-0.39, 0.29) is 35.7 Å². The van der Waals surface area contributed by atoms with Crippen molar-refractivity contribution in [1.82, 2.24) is 40.4 Å². The van der Waals surface area contributed by atoms with Crippen LogP contribution in [0.4, 0.5) is 9.59 Å². The summed E-state index contributed by atoms with van der Waals surface area (Å²) in [7, 11) is 1.29. The maximum Gasteiger partial charge on any atom is 0.407 e. The Bertz CT molecular complexity index is 1920. The number of ether oxygens (including phenoxy) is 1. The van der Waals surface area contributed by atoms with E-state index in [1.807, 2.05) is 52.0 Å². The molecule has 0 spiro atoms. The molecule has 53 heavy (non-hydrogen) atoms. The van der Waals surface area contributed by atoms with Crippen LogP contribution in [0, 0.1) is 11.8 Å². The minimum atomic E-state index is -0.713. The number of carbonyl (C=O) groups is 4. The molecule has 0 saturated carbocycles. The number of urea groups is 1. The molecule has 4 heterocycles. The molecule has 2 aliphatic rings. The second-order valence-corrected chi connectivity index (χ2v) is 14.5. The summed E-state index contributed by atoms with van der Waals surface area (Å²) in [5, 5.41) is 5.30. The van der Waals surface area contributed by atoms with E-state index in [9.17, 15) is 19.2 Å². The van der Waals surface area contributed by atoms with Gasteiger partial charge in [-0.2, -0.15) is 0 Å². The number of imidazole rings is 2. The number of aromatic amines is 2. The molecule has 0 radical (unpaired) electrons. The van der Waals surface area contributed by atoms with Crippen LogP contribution in [0.15, 0.2) is 60.9 Å². The fourth-order valence-electron chi connectivity index (χ4n) is 7.34. The molecule has 4 aromatic rings. The third-order valence-electron chi connectivity index (χ3n) is 10.2. The van der Waals surface area contributed by atoms with Gasteiger partial charge < -0.3 is 40.9 Å². The number of carbonyl (C=O) groups excluding carboxylic acids is 4. The second-order valence-electron chi connectivity index (χ2n) is 14.5. The molecule has 280 valence electrons. The molecule has 0 unspecified atom stereocenters. The number of hydrogen-bond acceptors (Lipinski definition) is 7. The van der Waals surface area contributed by atoms with Crippen molar-refractivity contribution in [2.24, 2.45) is 17.6 Å². The molecule has 6 rings (SSSR count). The van der Waals surface area contributed by atoms with E-state index in [4.69, 9.17) is 10.5 Å². The zero-order valence-corrected chi connectivity index (χ0v) is 30.9. The predicted octanol–water partition coefficient (Wildman–Crippen LogP) is 5.53. The molecular formula is C39H49N9O5. The van der Waals surface area contributed by atoms with E-state index >= 15 is 0 Å². The van der Waals surface area contributed by atoms with Crippen molar-refractivity contribution in [3.05, 3.63) is 72.6 Å². The Kier molecular flexibility index (Phi) is 11.2. The minimum absolute atomic E-state index is 0.104. The summed E-state index contributed by atoms with van der Waals surface area (Å²) >= 11 is 0. The Balaban J connectivity index is 1.11. The summed E-state index contributed by atoms with van der Waals surface area (Å²) < 4.78 is 4.75. The molecule has 2 aromatic heterocycles. The number of alkyl carbamates (subject to hydrolysis) is 1. The van der Waals surface area contributed by atoms with Crippen LogP contribution in [0.2, 0.25) is 0 Å². The number of H-pyrrole nitrogens is 2. The number of nitrogens with two attached hydrogens (primary N) is 1. The SMILES string of the molecule is COC(=O)N[C@H](C(=O)N1CCC[C@H]1c1ncc(-c2ccc(-c3ccc(-c4cnc([C@@H]5CCCN5C(=O)[C@@H](NC(N)=O)C(C)C)[nH]4)cc3)cc2)[nH]1)C(C)C. The smallest absolute Gasteiger partial charge is 0.407 e. The highest BCUT2D eigenvalue weighted by molar-refractivity contribution is 5.87. The van der Waals surface area contributed by atoms with Crippen molar-refractivity contribution in [3.63, 3.8) is 0 Å². The number of rotatable bonds is 11. The van der Waals surface area contributed by atoms with E-state index in [0.717, 1.165) is 71.0 Å². The first-order chi connectivity index (χ1) is 25.4. The lowest BCUT2D eigenvalue weighted by Crippen LogP contribution is -2.52. The van der Waals surface area contributed by atoms with Gasteiger partial charge in [-0.25, -0.2) is 19.6 Å². The lowest BCUT2D eigenvalue weighted by Gasteiger charge is -2.30. The first-order valence-electron chi connectivity index (χ1n) is 18.3. The van der Waals surface area contributed by atoms with Gasteiger partial charge in [0.2, 0.25) is 11.8 Å². The Morgan fingerprint density at radius 3 is 1.47 bits per heavy atom. The molecule has 2 aromatic carbocycles. The van der Waals surface area contributed by atoms with Crippen LogP contribution in [0.1, 0.15) is 77.1 Å². The van der Waals surface area contributed by atoms with Gasteiger partial charge in [-0.3, -0.25) is 9.59 Å². The van der Waals surface area contributed by atoms with Crippen LogP contribution in [0.5, 0.6) is 0 Å². The standard InChI is InChI=1S/C39H49N9O5/c1-22(2)32(45-38(40)51)36(49)47-18-6-8-30(47)34-41-20-28(43-34)26-14-10-24(11-15-26)25-12-16-27(17-13-25)29-21-42-35(44-29)31-9-7-19-48(31)37(50)33(23(3)4)46-39(52)53-5/h10-17,20-23,30-33H,6-9,18-19H2,1-5H3,(H,41,43)(H,42,44)(H,46,52)(H3,40,45,51)/t30-,31-,32-,33-/m0/s1. The van der Waals surface area contributed by atoms with Crippen LogP contribution in [-0.4, -0.2) is 86.0 Å². The fourth-order valence-corrected chi connectivity index (χ4v) is 7.34. The van der Waals surface area contributed by atoms with Gasteiger partial charge in [0.25, 0.3) is 0 Å². The quantitative estimate of drug-likeness (QED) is 0.134. The molecule has 14 nitrogen and oxygen atoms in total. The van der Waals surface area contributed by atoms with Gasteiger partial charge in [0.15, 0.2) is 0 Å². The number of nitrogens with one attached hydrogen (secondary N) is 4. The topological polar surface area (TPSA) is 191 Å². The minimum Gasteiger partial charge on any atom is -0.453 e. The van der Waals surface area contributed by atoms with Gasteiger partial charge in [0, 0.05) is 13.1 Å². The summed E-state index contributed by atoms with van der Waals surface area (Å²) in [6.45, 7) is 8.75. The zero-order valence-electron chi connectivity index (χ0n) is 30.9. The Hall–Kier alpha value is -5.66. The number of methoxy groups -OCH3 is 1. The summed E-state index contributed by atoms with van der Waals surface area (Å²) in [6, 6.07) is 14.0. The van der Waals surface area contributed by atoms with Crippen molar-refractivity contribution in [2.75, 3.05) is 20.2 Å². The number of benzene rings is 2. The average molecular weight is 724 g/mol. The fraction of sp³-hybridized carbons (Fsp3) is 0.436. The number of likely N-dealkylation sites (tertiary alicyclic amines) is 2. The molecule has 5 amide bonds. The molecule has 2 aliphatic heterocycles. The number of primary amides is 1. The summed E-state index contributed by atoms with van der Waals surface area (Å²) in [5.41, 5.74) is 11.1. The highest BCUT2D eigenvalue weighted by Crippen LogP contribution is 2.35. The van der Waals surface area contributed by atoms with Gasteiger partial charge in [0.1, 0.15) is 23.7 Å². The van der Waals surface area contributed by atoms with Crippen molar-refractivity contribution in [2.45, 2.75) is 77.5 Å². The summed E-state index contributed by atoms with van der Waals surface area (Å²) in [6.07, 6.45) is 6.22. The number of amides is 5. The van der Waals surface area contributed by atoms with E-state index in [1.54, 1.807) is 22.2 Å². The molecule has 2 fully saturated rings. The Morgan fingerprint density at radius 2 is 1.09 bits per heavy atom. The first kappa shape index (κ1) is 37.1. The third-order valence-corrected chi connectivity index (χ3v) is 10.2. The normalized spacial score (nSPS) is 18.3. The first-order valence-corrected chi connectivity index (χ1v) is 18.3. The van der Waals surface area contributed by atoms with Crippen LogP contribution in [0.3, 0.4) is 0 Å². The molecule has 0 aliphatic carbocycles. The number of aromatic nitrogens is 4. The molecule has 6 N–H and O–H groups in total. The average Bonchev–Trinajstić information content (AvgIpc) is 3.98. The van der Waals surface area contributed by atoms with Gasteiger partial charge in [-0.1, -0.05) is 76.2 Å². The van der Waals surface area contributed by atoms with Gasteiger partial charge >= 0.3 is 12.1 Å². The van der Waals surface area contributed by atoms with Crippen LogP contribution in [0.25, 0.3) is 33.6 Å². The predicted molar refractivity (Wildman–Crippen MR) is 200 cm³/mol. The van der Waals surface area contributed by atoms with Crippen molar-refractivity contribution < 1.29 is 23.9 Å². The highest BCUT2D eigenvalue weighted by Gasteiger charge is 2.38. The number of hydrogen-bond donors (Lipinski definition) is 5. The Morgan fingerprint density at radius 1 is 0.698 bits per heavy atom. The Labute approximate surface area is 309 Å². The van der Waals surface area contributed by atoms with Crippen LogP contribution in [-0.2, 0) is 14.3 Å². The molecule has 4 atom stereocenters. The van der Waals surface area contributed by atoms with E-state index in [2.05, 4.69) is 54.8 Å². The largest absolute Gasteiger partial charge is 0.453 e. The molecule has 14 heteroatoms. The van der Waals surface area contributed by atoms with Gasteiger partial charge in [-0.15, -0.1) is 0 Å². The molecule has 2 saturated heterocycles. The van der Waals surface area contributed by atoms with E-state index < -0.39 is 24.2 Å². The maximum atomic E-state index is 13.5. The van der Waals surface area contributed by atoms with E-state index in [1.165, 1.54) is 7.11 Å². The molecular weight excluding hydrogens is 674 g/mol. The third kappa shape index (κ3) is 8.06. The molecule has 0 bridgehead atoms. The lowest BCUT2D eigenvalue weighted by atomic mass is 10.0. The van der Waals surface area contributed by atoms with Crippen molar-refractivity contribution >= 4 is 23.9 Å². The van der Waals surface area contributed by atoms with E-state index in [0.29, 0.717) is 13.1 Å². The lowest BCUT2D eigenvalue weighted by molar-refractivity contribution is -0.136. The van der Waals surface area contributed by atoms with Crippen molar-refractivity contribution in [1.29, 1.82) is 0 Å². The van der Waals surface area contributed by atoms with Gasteiger partial charge in [-0.05, 0) is 59.8 Å². The van der Waals surface area contributed by atoms with Gasteiger partial charge in [0.05, 0.1) is 43.0 Å². The van der Waals surface area contributed by atoms with Crippen LogP contribution < -0.4 is 16.4 Å². The second kappa shape index (κ2) is 15.9. The van der Waals surface area contributed by atoms with Crippen molar-refractivity contribution in [3.8, 4) is 33.6 Å². The number of nitrogens with zero attached hydrogens (tertiary/aromatic N) is 4.